The Hall–Kier alpha value is -2.24. The van der Waals surface area contributed by atoms with Crippen LogP contribution in [-0.4, -0.2) is 13.5 Å². The first kappa shape index (κ1) is 17.6. The van der Waals surface area contributed by atoms with E-state index in [1.807, 2.05) is 26.0 Å². The molecule has 6 heteroatoms. The summed E-state index contributed by atoms with van der Waals surface area (Å²) in [4.78, 5) is 0.253. The zero-order valence-electron chi connectivity index (χ0n) is 13.9. The van der Waals surface area contributed by atoms with Gasteiger partial charge in [-0.05, 0) is 36.6 Å². The van der Waals surface area contributed by atoms with Gasteiger partial charge < -0.3 is 5.11 Å². The van der Waals surface area contributed by atoms with Gasteiger partial charge in [-0.2, -0.15) is 0 Å². The number of halogens is 1. The average Bonchev–Trinajstić information content (AvgIpc) is 2.59. The molecule has 0 saturated carbocycles. The fourth-order valence-electron chi connectivity index (χ4n) is 2.81. The van der Waals surface area contributed by atoms with E-state index in [2.05, 4.69) is 4.72 Å². The van der Waals surface area contributed by atoms with Crippen molar-refractivity contribution in [2.75, 3.05) is 4.72 Å². The molecule has 0 aliphatic rings. The van der Waals surface area contributed by atoms with Crippen molar-refractivity contribution in [3.8, 4) is 5.75 Å². The number of anilines is 1. The zero-order chi connectivity index (χ0) is 18.2. The third-order valence-corrected chi connectivity index (χ3v) is 5.84. The summed E-state index contributed by atoms with van der Waals surface area (Å²) in [5, 5.41) is 11.3. The molecule has 0 aromatic heterocycles. The van der Waals surface area contributed by atoms with E-state index in [0.29, 0.717) is 22.9 Å². The van der Waals surface area contributed by atoms with Crippen molar-refractivity contribution in [1.82, 2.24) is 0 Å². The summed E-state index contributed by atoms with van der Waals surface area (Å²) in [6.45, 7) is 3.77. The van der Waals surface area contributed by atoms with E-state index >= 15 is 0 Å². The second-order valence-corrected chi connectivity index (χ2v) is 7.93. The molecule has 3 aromatic rings. The maximum absolute atomic E-state index is 13.0. The fraction of sp³-hybridized carbons (Fsp3) is 0.158. The van der Waals surface area contributed by atoms with Crippen LogP contribution in [0.15, 0.2) is 53.4 Å². The number of rotatable bonds is 4. The van der Waals surface area contributed by atoms with E-state index < -0.39 is 10.0 Å². The highest BCUT2D eigenvalue weighted by atomic mass is 35.5. The molecule has 0 heterocycles. The number of hydrogen-bond acceptors (Lipinski definition) is 3. The number of phenolic OH excluding ortho intramolecular Hbond substituents is 1. The smallest absolute Gasteiger partial charge is 0.262 e. The summed E-state index contributed by atoms with van der Waals surface area (Å²) in [7, 11) is -3.79. The second kappa shape index (κ2) is 6.58. The fourth-order valence-corrected chi connectivity index (χ4v) is 4.49. The highest BCUT2D eigenvalue weighted by Gasteiger charge is 2.20. The van der Waals surface area contributed by atoms with Gasteiger partial charge in [0.2, 0.25) is 0 Å². The number of sulfonamides is 1. The van der Waals surface area contributed by atoms with Crippen LogP contribution in [-0.2, 0) is 16.4 Å². The Morgan fingerprint density at radius 3 is 2.44 bits per heavy atom. The summed E-state index contributed by atoms with van der Waals surface area (Å²) < 4.78 is 28.5. The van der Waals surface area contributed by atoms with Crippen LogP contribution in [0.25, 0.3) is 10.8 Å². The third kappa shape index (κ3) is 3.30. The van der Waals surface area contributed by atoms with Crippen LogP contribution in [0.3, 0.4) is 0 Å². The van der Waals surface area contributed by atoms with Crippen LogP contribution in [0, 0.1) is 6.92 Å². The van der Waals surface area contributed by atoms with Crippen LogP contribution in [0.4, 0.5) is 5.69 Å². The lowest BCUT2D eigenvalue weighted by Crippen LogP contribution is -2.15. The van der Waals surface area contributed by atoms with E-state index in [1.54, 1.807) is 30.3 Å². The quantitative estimate of drug-likeness (QED) is 0.639. The van der Waals surface area contributed by atoms with Gasteiger partial charge in [0.1, 0.15) is 5.75 Å². The highest BCUT2D eigenvalue weighted by Crippen LogP contribution is 2.38. The number of aryl methyl sites for hydroxylation is 2. The molecule has 0 amide bonds. The van der Waals surface area contributed by atoms with Crippen molar-refractivity contribution in [3.63, 3.8) is 0 Å². The minimum Gasteiger partial charge on any atom is -0.506 e. The molecule has 3 rings (SSSR count). The van der Waals surface area contributed by atoms with Gasteiger partial charge in [0.15, 0.2) is 0 Å². The van der Waals surface area contributed by atoms with Crippen LogP contribution >= 0.6 is 11.6 Å². The molecular formula is C19H18ClNO3S. The second-order valence-electron chi connectivity index (χ2n) is 5.87. The molecule has 0 aliphatic heterocycles. The summed E-state index contributed by atoms with van der Waals surface area (Å²) in [5.41, 5.74) is 1.94. The zero-order valence-corrected chi connectivity index (χ0v) is 15.4. The van der Waals surface area contributed by atoms with Crippen molar-refractivity contribution in [1.29, 1.82) is 0 Å². The van der Waals surface area contributed by atoms with Crippen LogP contribution < -0.4 is 4.72 Å². The van der Waals surface area contributed by atoms with Crippen molar-refractivity contribution < 1.29 is 13.5 Å². The van der Waals surface area contributed by atoms with E-state index in [0.717, 1.165) is 11.1 Å². The Bertz CT molecular complexity index is 1060. The normalized spacial score (nSPS) is 11.6. The minimum absolute atomic E-state index is 0.0648. The van der Waals surface area contributed by atoms with Crippen molar-refractivity contribution in [2.24, 2.45) is 0 Å². The maximum Gasteiger partial charge on any atom is 0.262 e. The Kier molecular flexibility index (Phi) is 4.62. The number of hydrogen-bond donors (Lipinski definition) is 2. The monoisotopic (exact) mass is 375 g/mol. The van der Waals surface area contributed by atoms with Crippen molar-refractivity contribution in [2.45, 2.75) is 25.2 Å². The van der Waals surface area contributed by atoms with Gasteiger partial charge in [-0.3, -0.25) is 4.72 Å². The molecule has 25 heavy (non-hydrogen) atoms. The minimum atomic E-state index is -3.79. The van der Waals surface area contributed by atoms with Gasteiger partial charge in [-0.1, -0.05) is 54.9 Å². The van der Waals surface area contributed by atoms with Gasteiger partial charge >= 0.3 is 0 Å². The maximum atomic E-state index is 13.0. The first-order chi connectivity index (χ1) is 11.8. The lowest BCUT2D eigenvalue weighted by atomic mass is 10.1. The summed E-state index contributed by atoms with van der Waals surface area (Å²) in [5.74, 6) is -0.0648. The molecule has 4 nitrogen and oxygen atoms in total. The Balaban J connectivity index is 2.16. The molecule has 130 valence electrons. The predicted octanol–water partition coefficient (Wildman–Crippen LogP) is 4.87. The number of nitrogens with one attached hydrogen (secondary N) is 1. The summed E-state index contributed by atoms with van der Waals surface area (Å²) in [6.07, 6.45) is 0.605. The molecule has 3 aromatic carbocycles. The molecule has 2 N–H and O–H groups in total. The molecule has 0 bridgehead atoms. The lowest BCUT2D eigenvalue weighted by molar-refractivity contribution is 0.482. The first-order valence-electron chi connectivity index (χ1n) is 7.86. The summed E-state index contributed by atoms with van der Waals surface area (Å²) >= 11 is 6.07. The number of phenols is 1. The van der Waals surface area contributed by atoms with Gasteiger partial charge in [-0.25, -0.2) is 8.42 Å². The highest BCUT2D eigenvalue weighted by molar-refractivity contribution is 7.92. The molecule has 0 unspecified atom stereocenters. The third-order valence-electron chi connectivity index (χ3n) is 4.11. The van der Waals surface area contributed by atoms with Crippen LogP contribution in [0.2, 0.25) is 5.02 Å². The van der Waals surface area contributed by atoms with E-state index in [-0.39, 0.29) is 15.7 Å². The molecule has 0 aliphatic carbocycles. The van der Waals surface area contributed by atoms with Gasteiger partial charge in [0, 0.05) is 10.8 Å². The van der Waals surface area contributed by atoms with Gasteiger partial charge in [-0.15, -0.1) is 0 Å². The number of fused-ring (bicyclic) bond motifs is 1. The standard InChI is InChI=1S/C19H18ClNO3S/c1-3-13-9-8-12(2)10-18(13)25(23,24)21-17-11-16(20)19(22)15-7-5-4-6-14(15)17/h4-11,21-22H,3H2,1-2H3. The molecule has 0 fully saturated rings. The van der Waals surface area contributed by atoms with Crippen molar-refractivity contribution in [3.05, 3.63) is 64.7 Å². The van der Waals surface area contributed by atoms with E-state index in [1.165, 1.54) is 6.07 Å². The lowest BCUT2D eigenvalue weighted by Gasteiger charge is -2.15. The molecule has 0 spiro atoms. The Labute approximate surface area is 152 Å². The molecule has 0 radical (unpaired) electrons. The number of aromatic hydroxyl groups is 1. The first-order valence-corrected chi connectivity index (χ1v) is 9.72. The SMILES string of the molecule is CCc1ccc(C)cc1S(=O)(=O)Nc1cc(Cl)c(O)c2ccccc12. The average molecular weight is 376 g/mol. The van der Waals surface area contributed by atoms with E-state index in [4.69, 9.17) is 11.6 Å². The van der Waals surface area contributed by atoms with E-state index in [9.17, 15) is 13.5 Å². The molecule has 0 atom stereocenters. The topological polar surface area (TPSA) is 66.4 Å². The van der Waals surface area contributed by atoms with Crippen LogP contribution in [0.1, 0.15) is 18.1 Å². The Morgan fingerprint density at radius 1 is 1.08 bits per heavy atom. The molecular weight excluding hydrogens is 358 g/mol. The van der Waals surface area contributed by atoms with Gasteiger partial charge in [0.05, 0.1) is 15.6 Å². The van der Waals surface area contributed by atoms with Crippen molar-refractivity contribution >= 4 is 38.1 Å². The predicted molar refractivity (Wildman–Crippen MR) is 102 cm³/mol. The van der Waals surface area contributed by atoms with Crippen LogP contribution in [0.5, 0.6) is 5.75 Å². The largest absolute Gasteiger partial charge is 0.506 e. The Morgan fingerprint density at radius 2 is 1.76 bits per heavy atom. The van der Waals surface area contributed by atoms with Gasteiger partial charge in [0.25, 0.3) is 10.0 Å². The molecule has 0 saturated heterocycles. The number of benzene rings is 3. The summed E-state index contributed by atoms with van der Waals surface area (Å²) in [6, 6.07) is 13.8.